The molecule has 2 aliphatic heterocycles. The molecule has 0 bridgehead atoms. The maximum atomic E-state index is 13.0. The molecule has 4 rings (SSSR count). The van der Waals surface area contributed by atoms with Gasteiger partial charge in [-0.25, -0.2) is 4.98 Å². The Hall–Kier alpha value is -1.94. The van der Waals surface area contributed by atoms with Crippen LogP contribution >= 0.6 is 0 Å². The van der Waals surface area contributed by atoms with Crippen molar-refractivity contribution in [2.45, 2.75) is 37.8 Å². The minimum absolute atomic E-state index is 0.0959. The number of benzene rings is 1. The van der Waals surface area contributed by atoms with Gasteiger partial charge >= 0.3 is 0 Å². The third kappa shape index (κ3) is 2.61. The topological polar surface area (TPSA) is 36.4 Å². The molecule has 0 radical (unpaired) electrons. The van der Waals surface area contributed by atoms with Gasteiger partial charge in [0.25, 0.3) is 5.91 Å². The van der Waals surface area contributed by atoms with Crippen LogP contribution < -0.4 is 0 Å². The quantitative estimate of drug-likeness (QED) is 0.856. The Kier molecular flexibility index (Phi) is 3.77. The first kappa shape index (κ1) is 14.6. The first-order valence-electron chi connectivity index (χ1n) is 8.61. The molecular formula is C19H23N3O. The molecule has 0 spiro atoms. The Balaban J connectivity index is 1.61. The molecule has 2 aromatic rings. The highest BCUT2D eigenvalue weighted by Crippen LogP contribution is 2.30. The van der Waals surface area contributed by atoms with Crippen LogP contribution in [0.25, 0.3) is 10.9 Å². The van der Waals surface area contributed by atoms with Gasteiger partial charge < -0.3 is 9.80 Å². The molecule has 1 aromatic heterocycles. The zero-order valence-electron chi connectivity index (χ0n) is 13.6. The summed E-state index contributed by atoms with van der Waals surface area (Å²) < 4.78 is 0. The summed E-state index contributed by atoms with van der Waals surface area (Å²) in [6.07, 6.45) is 4.67. The largest absolute Gasteiger partial charge is 0.333 e. The number of nitrogens with zero attached hydrogens (tertiary/aromatic N) is 3. The number of carbonyl (C=O) groups is 1. The lowest BCUT2D eigenvalue weighted by Crippen LogP contribution is -2.47. The zero-order valence-corrected chi connectivity index (χ0v) is 13.6. The number of aromatic nitrogens is 1. The number of rotatable bonds is 2. The first-order chi connectivity index (χ1) is 11.2. The number of likely N-dealkylation sites (tertiary alicyclic amines) is 2. The van der Waals surface area contributed by atoms with Crippen LogP contribution in [0, 0.1) is 0 Å². The number of amides is 1. The maximum absolute atomic E-state index is 13.0. The van der Waals surface area contributed by atoms with E-state index >= 15 is 0 Å². The molecule has 0 N–H and O–H groups in total. The normalized spacial score (nSPS) is 25.3. The van der Waals surface area contributed by atoms with Crippen LogP contribution in [-0.4, -0.2) is 52.9 Å². The van der Waals surface area contributed by atoms with E-state index in [1.165, 1.54) is 12.8 Å². The average Bonchev–Trinajstić information content (AvgIpc) is 3.22. The summed E-state index contributed by atoms with van der Waals surface area (Å²) in [7, 11) is 2.19. The maximum Gasteiger partial charge on any atom is 0.272 e. The van der Waals surface area contributed by atoms with E-state index < -0.39 is 0 Å². The van der Waals surface area contributed by atoms with Crippen molar-refractivity contribution in [1.29, 1.82) is 0 Å². The second-order valence-corrected chi connectivity index (χ2v) is 6.79. The average molecular weight is 309 g/mol. The Morgan fingerprint density at radius 3 is 2.65 bits per heavy atom. The number of fused-ring (bicyclic) bond motifs is 1. The minimum atomic E-state index is 0.0959. The smallest absolute Gasteiger partial charge is 0.272 e. The second kappa shape index (κ2) is 5.93. The molecule has 0 aliphatic carbocycles. The van der Waals surface area contributed by atoms with Crippen molar-refractivity contribution in [2.24, 2.45) is 0 Å². The highest BCUT2D eigenvalue weighted by molar-refractivity contribution is 5.95. The van der Waals surface area contributed by atoms with Gasteiger partial charge in [-0.15, -0.1) is 0 Å². The number of hydrogen-bond donors (Lipinski definition) is 0. The van der Waals surface area contributed by atoms with Crippen molar-refractivity contribution in [1.82, 2.24) is 14.8 Å². The molecule has 4 heteroatoms. The van der Waals surface area contributed by atoms with Gasteiger partial charge in [0.2, 0.25) is 0 Å². The fraction of sp³-hybridized carbons (Fsp3) is 0.474. The molecule has 4 nitrogen and oxygen atoms in total. The standard InChI is InChI=1S/C19H23N3O/c1-21-12-4-8-17(21)18-9-5-13-22(18)19(23)16-11-10-14-6-2-3-7-15(14)20-16/h2-3,6-7,10-11,17-18H,4-5,8-9,12-13H2,1H3/t17-,18-/m0/s1. The zero-order chi connectivity index (χ0) is 15.8. The van der Waals surface area contributed by atoms with Crippen LogP contribution in [0.3, 0.4) is 0 Å². The summed E-state index contributed by atoms with van der Waals surface area (Å²) in [5.41, 5.74) is 1.48. The Labute approximate surface area is 137 Å². The van der Waals surface area contributed by atoms with E-state index in [2.05, 4.69) is 21.8 Å². The summed E-state index contributed by atoms with van der Waals surface area (Å²) in [5.74, 6) is 0.0959. The lowest BCUT2D eigenvalue weighted by molar-refractivity contribution is 0.0659. The van der Waals surface area contributed by atoms with Gasteiger partial charge in [-0.3, -0.25) is 4.79 Å². The summed E-state index contributed by atoms with van der Waals surface area (Å²) in [5, 5.41) is 1.08. The van der Waals surface area contributed by atoms with Gasteiger partial charge in [0.1, 0.15) is 5.69 Å². The van der Waals surface area contributed by atoms with Crippen LogP contribution in [0.5, 0.6) is 0 Å². The van der Waals surface area contributed by atoms with E-state index in [0.29, 0.717) is 17.8 Å². The van der Waals surface area contributed by atoms with E-state index in [9.17, 15) is 4.79 Å². The van der Waals surface area contributed by atoms with E-state index in [-0.39, 0.29) is 5.91 Å². The number of para-hydroxylation sites is 1. The Morgan fingerprint density at radius 2 is 1.83 bits per heavy atom. The number of hydrogen-bond acceptors (Lipinski definition) is 3. The van der Waals surface area contributed by atoms with Gasteiger partial charge in [0.15, 0.2) is 0 Å². The highest BCUT2D eigenvalue weighted by atomic mass is 16.2. The molecule has 120 valence electrons. The van der Waals surface area contributed by atoms with Gasteiger partial charge in [-0.1, -0.05) is 24.3 Å². The second-order valence-electron chi connectivity index (χ2n) is 6.79. The SMILES string of the molecule is CN1CCC[C@H]1[C@@H]1CCCN1C(=O)c1ccc2ccccc2n1. The lowest BCUT2D eigenvalue weighted by atomic mass is 10.0. The number of pyridine rings is 1. The fourth-order valence-electron chi connectivity index (χ4n) is 4.20. The van der Waals surface area contributed by atoms with E-state index in [4.69, 9.17) is 0 Å². The lowest BCUT2D eigenvalue weighted by Gasteiger charge is -2.33. The highest BCUT2D eigenvalue weighted by Gasteiger charge is 2.38. The molecule has 0 saturated carbocycles. The first-order valence-corrected chi connectivity index (χ1v) is 8.61. The molecule has 2 aliphatic rings. The van der Waals surface area contributed by atoms with Crippen LogP contribution in [-0.2, 0) is 0 Å². The van der Waals surface area contributed by atoms with Crippen LogP contribution in [0.4, 0.5) is 0 Å². The Morgan fingerprint density at radius 1 is 1.04 bits per heavy atom. The van der Waals surface area contributed by atoms with Gasteiger partial charge in [0.05, 0.1) is 5.52 Å². The van der Waals surface area contributed by atoms with E-state index in [1.807, 2.05) is 36.4 Å². The van der Waals surface area contributed by atoms with Gasteiger partial charge in [-0.05, 0) is 51.4 Å². The molecule has 23 heavy (non-hydrogen) atoms. The fourth-order valence-corrected chi connectivity index (χ4v) is 4.20. The molecule has 0 unspecified atom stereocenters. The van der Waals surface area contributed by atoms with E-state index in [1.54, 1.807) is 0 Å². The van der Waals surface area contributed by atoms with Gasteiger partial charge in [0, 0.05) is 24.0 Å². The van der Waals surface area contributed by atoms with Crippen molar-refractivity contribution in [3.05, 3.63) is 42.1 Å². The van der Waals surface area contributed by atoms with Crippen LogP contribution in [0.1, 0.15) is 36.2 Å². The predicted molar refractivity (Wildman–Crippen MR) is 91.5 cm³/mol. The predicted octanol–water partition coefficient (Wildman–Crippen LogP) is 2.93. The summed E-state index contributed by atoms with van der Waals surface area (Å²) in [4.78, 5) is 22.1. The molecule has 2 saturated heterocycles. The van der Waals surface area contributed by atoms with Crippen LogP contribution in [0.2, 0.25) is 0 Å². The summed E-state index contributed by atoms with van der Waals surface area (Å²) in [6, 6.07) is 12.7. The molecule has 2 atom stereocenters. The van der Waals surface area contributed by atoms with Crippen molar-refractivity contribution in [3.8, 4) is 0 Å². The number of likely N-dealkylation sites (N-methyl/N-ethyl adjacent to an activating group) is 1. The monoisotopic (exact) mass is 309 g/mol. The van der Waals surface area contributed by atoms with E-state index in [0.717, 1.165) is 36.8 Å². The summed E-state index contributed by atoms with van der Waals surface area (Å²) >= 11 is 0. The molecule has 3 heterocycles. The minimum Gasteiger partial charge on any atom is -0.333 e. The molecular weight excluding hydrogens is 286 g/mol. The van der Waals surface area contributed by atoms with Crippen LogP contribution in [0.15, 0.2) is 36.4 Å². The Bertz CT molecular complexity index is 729. The molecule has 1 amide bonds. The molecule has 1 aromatic carbocycles. The van der Waals surface area contributed by atoms with Crippen molar-refractivity contribution in [3.63, 3.8) is 0 Å². The summed E-state index contributed by atoms with van der Waals surface area (Å²) in [6.45, 7) is 2.01. The van der Waals surface area contributed by atoms with Crippen molar-refractivity contribution in [2.75, 3.05) is 20.1 Å². The number of carbonyl (C=O) groups excluding carboxylic acids is 1. The third-order valence-corrected chi connectivity index (χ3v) is 5.40. The van der Waals surface area contributed by atoms with Crippen molar-refractivity contribution >= 4 is 16.8 Å². The third-order valence-electron chi connectivity index (χ3n) is 5.40. The van der Waals surface area contributed by atoms with Gasteiger partial charge in [-0.2, -0.15) is 0 Å². The molecule has 2 fully saturated rings. The van der Waals surface area contributed by atoms with Crippen molar-refractivity contribution < 1.29 is 4.79 Å².